The largest absolute Gasteiger partial charge is 0.324 e. The minimum Gasteiger partial charge on any atom is -0.324 e. The summed E-state index contributed by atoms with van der Waals surface area (Å²) in [6, 6.07) is 16.4. The van der Waals surface area contributed by atoms with Crippen molar-refractivity contribution in [3.05, 3.63) is 84.3 Å². The Hall–Kier alpha value is -4.60. The molecule has 4 N–H and O–H groups in total. The van der Waals surface area contributed by atoms with E-state index in [4.69, 9.17) is 0 Å². The molecule has 0 saturated carbocycles. The van der Waals surface area contributed by atoms with Crippen molar-refractivity contribution in [1.82, 2.24) is 30.3 Å². The van der Waals surface area contributed by atoms with Gasteiger partial charge in [-0.3, -0.25) is 20.6 Å². The summed E-state index contributed by atoms with van der Waals surface area (Å²) in [7, 11) is 0. The van der Waals surface area contributed by atoms with E-state index in [0.29, 0.717) is 11.4 Å². The standard InChI is InChI=1S/C21H19N9O/c1-14-5-7-16(8-6-14)24-19-26-20(25-17-4-2-3-11-23-17)28-21(27-19)30-29-18(31)15-9-12-22-13-10-15/h2-13H,1H3,(H,29,31)(H3,23,24,25,26,27,28,30). The van der Waals surface area contributed by atoms with Crippen LogP contribution in [0, 0.1) is 6.92 Å². The van der Waals surface area contributed by atoms with Gasteiger partial charge < -0.3 is 10.6 Å². The van der Waals surface area contributed by atoms with Crippen molar-refractivity contribution in [2.24, 2.45) is 0 Å². The number of hydrogen-bond donors (Lipinski definition) is 4. The summed E-state index contributed by atoms with van der Waals surface area (Å²) < 4.78 is 0. The third-order valence-corrected chi connectivity index (χ3v) is 4.08. The number of nitrogens with zero attached hydrogens (tertiary/aromatic N) is 5. The molecule has 3 aromatic heterocycles. The zero-order chi connectivity index (χ0) is 21.5. The van der Waals surface area contributed by atoms with Crippen LogP contribution in [0.4, 0.5) is 29.4 Å². The van der Waals surface area contributed by atoms with Gasteiger partial charge in [0.1, 0.15) is 5.82 Å². The maximum Gasteiger partial charge on any atom is 0.269 e. The van der Waals surface area contributed by atoms with E-state index in [0.717, 1.165) is 11.3 Å². The monoisotopic (exact) mass is 413 g/mol. The van der Waals surface area contributed by atoms with E-state index in [-0.39, 0.29) is 23.8 Å². The lowest BCUT2D eigenvalue weighted by atomic mass is 10.2. The summed E-state index contributed by atoms with van der Waals surface area (Å²) in [5.74, 6) is 0.907. The fourth-order valence-electron chi connectivity index (χ4n) is 2.55. The summed E-state index contributed by atoms with van der Waals surface area (Å²) >= 11 is 0. The van der Waals surface area contributed by atoms with Gasteiger partial charge in [-0.1, -0.05) is 23.8 Å². The normalized spacial score (nSPS) is 10.2. The molecule has 0 aliphatic heterocycles. The molecule has 0 radical (unpaired) electrons. The van der Waals surface area contributed by atoms with Crippen molar-refractivity contribution < 1.29 is 4.79 Å². The molecule has 0 fully saturated rings. The van der Waals surface area contributed by atoms with Crippen LogP contribution < -0.4 is 21.5 Å². The number of carbonyl (C=O) groups is 1. The van der Waals surface area contributed by atoms with Crippen molar-refractivity contribution in [1.29, 1.82) is 0 Å². The third kappa shape index (κ3) is 5.48. The van der Waals surface area contributed by atoms with E-state index in [1.165, 1.54) is 12.4 Å². The third-order valence-electron chi connectivity index (χ3n) is 4.08. The van der Waals surface area contributed by atoms with Gasteiger partial charge in [0.05, 0.1) is 0 Å². The highest BCUT2D eigenvalue weighted by atomic mass is 16.2. The Morgan fingerprint density at radius 2 is 1.48 bits per heavy atom. The van der Waals surface area contributed by atoms with Crippen molar-refractivity contribution >= 4 is 35.3 Å². The molecular formula is C21H19N9O. The number of hydrazine groups is 1. The predicted molar refractivity (Wildman–Crippen MR) is 117 cm³/mol. The second-order valence-electron chi connectivity index (χ2n) is 6.45. The summed E-state index contributed by atoms with van der Waals surface area (Å²) in [5.41, 5.74) is 7.68. The Morgan fingerprint density at radius 1 is 0.774 bits per heavy atom. The fraction of sp³-hybridized carbons (Fsp3) is 0.0476. The lowest BCUT2D eigenvalue weighted by molar-refractivity contribution is 0.0962. The van der Waals surface area contributed by atoms with Crippen molar-refractivity contribution in [3.8, 4) is 0 Å². The van der Waals surface area contributed by atoms with Gasteiger partial charge in [0.25, 0.3) is 5.91 Å². The van der Waals surface area contributed by atoms with Crippen LogP contribution in [-0.2, 0) is 0 Å². The molecule has 1 aromatic carbocycles. The highest BCUT2D eigenvalue weighted by Crippen LogP contribution is 2.18. The minimum atomic E-state index is -0.352. The fourth-order valence-corrected chi connectivity index (χ4v) is 2.55. The second kappa shape index (κ2) is 9.27. The van der Waals surface area contributed by atoms with Crippen molar-refractivity contribution in [3.63, 3.8) is 0 Å². The molecule has 31 heavy (non-hydrogen) atoms. The zero-order valence-corrected chi connectivity index (χ0v) is 16.6. The van der Waals surface area contributed by atoms with Crippen LogP contribution >= 0.6 is 0 Å². The van der Waals surface area contributed by atoms with Gasteiger partial charge in [-0.25, -0.2) is 4.98 Å². The molecule has 0 spiro atoms. The maximum absolute atomic E-state index is 12.3. The number of benzene rings is 1. The number of aromatic nitrogens is 5. The zero-order valence-electron chi connectivity index (χ0n) is 16.6. The molecule has 1 amide bonds. The van der Waals surface area contributed by atoms with E-state index >= 15 is 0 Å². The Labute approximate surface area is 178 Å². The van der Waals surface area contributed by atoms with Crippen LogP contribution in [0.5, 0.6) is 0 Å². The number of rotatable bonds is 7. The smallest absolute Gasteiger partial charge is 0.269 e. The van der Waals surface area contributed by atoms with Gasteiger partial charge in [0.15, 0.2) is 0 Å². The number of anilines is 5. The highest BCUT2D eigenvalue weighted by molar-refractivity contribution is 5.94. The number of aryl methyl sites for hydroxylation is 1. The van der Waals surface area contributed by atoms with E-state index in [9.17, 15) is 4.79 Å². The Morgan fingerprint density at radius 3 is 2.19 bits per heavy atom. The van der Waals surface area contributed by atoms with Crippen LogP contribution in [0.15, 0.2) is 73.2 Å². The Kier molecular flexibility index (Phi) is 5.89. The molecule has 10 heteroatoms. The molecule has 4 aromatic rings. The molecule has 10 nitrogen and oxygen atoms in total. The average molecular weight is 413 g/mol. The number of carbonyl (C=O) groups excluding carboxylic acids is 1. The number of amides is 1. The van der Waals surface area contributed by atoms with Crippen LogP contribution in [0.2, 0.25) is 0 Å². The van der Waals surface area contributed by atoms with Crippen LogP contribution in [-0.4, -0.2) is 30.8 Å². The molecule has 4 rings (SSSR count). The lowest BCUT2D eigenvalue weighted by Gasteiger charge is -2.12. The van der Waals surface area contributed by atoms with Crippen LogP contribution in [0.1, 0.15) is 15.9 Å². The quantitative estimate of drug-likeness (QED) is 0.337. The van der Waals surface area contributed by atoms with Gasteiger partial charge in [0, 0.05) is 29.8 Å². The average Bonchev–Trinajstić information content (AvgIpc) is 2.80. The summed E-state index contributed by atoms with van der Waals surface area (Å²) in [6.07, 6.45) is 4.73. The first-order valence-corrected chi connectivity index (χ1v) is 9.40. The first-order chi connectivity index (χ1) is 15.2. The van der Waals surface area contributed by atoms with E-state index < -0.39 is 0 Å². The number of nitrogens with one attached hydrogen (secondary N) is 4. The first kappa shape index (κ1) is 19.7. The number of pyridine rings is 2. The maximum atomic E-state index is 12.3. The number of hydrogen-bond acceptors (Lipinski definition) is 9. The molecule has 154 valence electrons. The lowest BCUT2D eigenvalue weighted by Crippen LogP contribution is -2.30. The first-order valence-electron chi connectivity index (χ1n) is 9.40. The Balaban J connectivity index is 1.55. The highest BCUT2D eigenvalue weighted by Gasteiger charge is 2.10. The van der Waals surface area contributed by atoms with Crippen LogP contribution in [0.3, 0.4) is 0 Å². The van der Waals surface area contributed by atoms with Gasteiger partial charge in [-0.15, -0.1) is 0 Å². The molecule has 0 aliphatic rings. The molecule has 0 aliphatic carbocycles. The van der Waals surface area contributed by atoms with Crippen molar-refractivity contribution in [2.75, 3.05) is 16.1 Å². The molecule has 0 bridgehead atoms. The molecule has 0 saturated heterocycles. The topological polar surface area (TPSA) is 130 Å². The van der Waals surface area contributed by atoms with Crippen LogP contribution in [0.25, 0.3) is 0 Å². The van der Waals surface area contributed by atoms with Gasteiger partial charge in [0.2, 0.25) is 17.8 Å². The summed E-state index contributed by atoms with van der Waals surface area (Å²) in [5, 5.41) is 6.16. The van der Waals surface area contributed by atoms with Gasteiger partial charge in [-0.2, -0.15) is 15.0 Å². The van der Waals surface area contributed by atoms with E-state index in [1.807, 2.05) is 43.3 Å². The van der Waals surface area contributed by atoms with Crippen molar-refractivity contribution in [2.45, 2.75) is 6.92 Å². The molecular weight excluding hydrogens is 394 g/mol. The Bertz CT molecular complexity index is 1150. The van der Waals surface area contributed by atoms with E-state index in [1.54, 1.807) is 24.4 Å². The summed E-state index contributed by atoms with van der Waals surface area (Å²) in [6.45, 7) is 2.01. The summed E-state index contributed by atoms with van der Waals surface area (Å²) in [4.78, 5) is 33.4. The molecule has 3 heterocycles. The molecule has 0 unspecified atom stereocenters. The second-order valence-corrected chi connectivity index (χ2v) is 6.45. The predicted octanol–water partition coefficient (Wildman–Crippen LogP) is 3.21. The minimum absolute atomic E-state index is 0.144. The van der Waals surface area contributed by atoms with Gasteiger partial charge in [-0.05, 0) is 43.3 Å². The van der Waals surface area contributed by atoms with Gasteiger partial charge >= 0.3 is 0 Å². The van der Waals surface area contributed by atoms with E-state index in [2.05, 4.69) is 46.4 Å². The molecule has 0 atom stereocenters. The SMILES string of the molecule is Cc1ccc(Nc2nc(NNC(=O)c3ccncc3)nc(Nc3ccccn3)n2)cc1.